The number of rotatable bonds is 6. The van der Waals surface area contributed by atoms with Crippen LogP contribution in [0, 0.1) is 18.3 Å². The lowest BCUT2D eigenvalue weighted by molar-refractivity contribution is -0.112. The highest BCUT2D eigenvalue weighted by molar-refractivity contribution is 9.10. The summed E-state index contributed by atoms with van der Waals surface area (Å²) in [4.78, 5) is 12.7. The summed E-state index contributed by atoms with van der Waals surface area (Å²) >= 11 is 16.1. The monoisotopic (exact) mass is 564 g/mol. The maximum Gasteiger partial charge on any atom is 0.266 e. The van der Waals surface area contributed by atoms with E-state index in [0.717, 1.165) is 21.9 Å². The van der Waals surface area contributed by atoms with Crippen LogP contribution < -0.4 is 10.1 Å². The Bertz CT molecular complexity index is 1490. The summed E-state index contributed by atoms with van der Waals surface area (Å²) in [6.07, 6.45) is 1.47. The Morgan fingerprint density at radius 2 is 1.80 bits per heavy atom. The maximum atomic E-state index is 12.7. The number of hydrogen-bond acceptors (Lipinski definition) is 3. The predicted octanol–water partition coefficient (Wildman–Crippen LogP) is 8.34. The third kappa shape index (κ3) is 5.86. The summed E-state index contributed by atoms with van der Waals surface area (Å²) < 4.78 is 6.59. The van der Waals surface area contributed by atoms with Gasteiger partial charge in [0.25, 0.3) is 5.91 Å². The molecule has 0 bridgehead atoms. The molecule has 0 atom stereocenters. The van der Waals surface area contributed by atoms with Crippen LogP contribution in [-0.2, 0) is 11.4 Å². The van der Waals surface area contributed by atoms with E-state index >= 15 is 0 Å². The Morgan fingerprint density at radius 3 is 2.54 bits per heavy atom. The molecule has 4 rings (SSSR count). The van der Waals surface area contributed by atoms with Crippen LogP contribution in [0.2, 0.25) is 10.0 Å². The van der Waals surface area contributed by atoms with Gasteiger partial charge in [-0.1, -0.05) is 65.7 Å². The molecule has 0 unspecified atom stereocenters. The number of nitrogens with one attached hydrogen (secondary N) is 1. The molecule has 1 N–H and O–H groups in total. The number of amides is 1. The van der Waals surface area contributed by atoms with Crippen molar-refractivity contribution >= 4 is 67.6 Å². The van der Waals surface area contributed by atoms with Crippen LogP contribution >= 0.6 is 39.1 Å². The SMILES string of the molecule is Cc1c(Cl)cccc1NC(=O)/C(C#N)=C/c1cc(Cl)c(OCc2ccc3ccccc3c2)c(Br)c1. The number of benzene rings is 4. The van der Waals surface area contributed by atoms with Gasteiger partial charge in [-0.15, -0.1) is 0 Å². The maximum absolute atomic E-state index is 12.7. The van der Waals surface area contributed by atoms with Gasteiger partial charge >= 0.3 is 0 Å². The van der Waals surface area contributed by atoms with Gasteiger partial charge in [0, 0.05) is 10.7 Å². The van der Waals surface area contributed by atoms with Crippen molar-refractivity contribution < 1.29 is 9.53 Å². The van der Waals surface area contributed by atoms with Crippen molar-refractivity contribution in [3.05, 3.63) is 110 Å². The first-order chi connectivity index (χ1) is 16.9. The second kappa shape index (κ2) is 11.0. The molecule has 7 heteroatoms. The fraction of sp³-hybridized carbons (Fsp3) is 0.0714. The number of carbonyl (C=O) groups is 1. The summed E-state index contributed by atoms with van der Waals surface area (Å²) in [7, 11) is 0. The summed E-state index contributed by atoms with van der Waals surface area (Å²) in [6.45, 7) is 2.13. The Hall–Kier alpha value is -3.30. The molecular weight excluding hydrogens is 547 g/mol. The lowest BCUT2D eigenvalue weighted by Crippen LogP contribution is -2.14. The van der Waals surface area contributed by atoms with E-state index in [4.69, 9.17) is 27.9 Å². The third-order valence-electron chi connectivity index (χ3n) is 5.41. The number of carbonyl (C=O) groups excluding carboxylic acids is 1. The van der Waals surface area contributed by atoms with Gasteiger partial charge in [0.2, 0.25) is 0 Å². The molecule has 0 aliphatic rings. The lowest BCUT2D eigenvalue weighted by atomic mass is 10.1. The lowest BCUT2D eigenvalue weighted by Gasteiger charge is -2.12. The zero-order valence-corrected chi connectivity index (χ0v) is 21.7. The largest absolute Gasteiger partial charge is 0.486 e. The molecule has 4 nitrogen and oxygen atoms in total. The summed E-state index contributed by atoms with van der Waals surface area (Å²) in [5, 5.41) is 15.5. The van der Waals surface area contributed by atoms with Gasteiger partial charge < -0.3 is 10.1 Å². The molecule has 0 spiro atoms. The van der Waals surface area contributed by atoms with Crippen molar-refractivity contribution in [1.82, 2.24) is 0 Å². The van der Waals surface area contributed by atoms with E-state index in [9.17, 15) is 10.1 Å². The van der Waals surface area contributed by atoms with E-state index in [0.29, 0.717) is 38.1 Å². The van der Waals surface area contributed by atoms with Gasteiger partial charge in [0.1, 0.15) is 18.2 Å². The number of hydrogen-bond donors (Lipinski definition) is 1. The molecule has 35 heavy (non-hydrogen) atoms. The standard InChI is InChI=1S/C28H19BrCl2N2O2/c1-17-24(30)7-4-8-26(17)33-28(34)22(15-32)12-19-13-23(29)27(25(31)14-19)35-16-18-9-10-20-5-2-3-6-21(20)11-18/h2-14H,16H2,1H3,(H,33,34)/b22-12+. The highest BCUT2D eigenvalue weighted by Crippen LogP contribution is 2.36. The van der Waals surface area contributed by atoms with Crippen LogP contribution in [0.5, 0.6) is 5.75 Å². The van der Waals surface area contributed by atoms with Crippen molar-refractivity contribution in [3.8, 4) is 11.8 Å². The van der Waals surface area contributed by atoms with E-state index in [1.165, 1.54) is 6.08 Å². The van der Waals surface area contributed by atoms with Crippen LogP contribution in [0.15, 0.2) is 82.8 Å². The zero-order valence-electron chi connectivity index (χ0n) is 18.6. The van der Waals surface area contributed by atoms with E-state index in [-0.39, 0.29) is 5.57 Å². The van der Waals surface area contributed by atoms with E-state index < -0.39 is 5.91 Å². The van der Waals surface area contributed by atoms with Crippen LogP contribution in [0.25, 0.3) is 16.8 Å². The Balaban J connectivity index is 1.51. The first-order valence-electron chi connectivity index (χ1n) is 10.6. The van der Waals surface area contributed by atoms with Crippen LogP contribution in [0.3, 0.4) is 0 Å². The molecule has 174 valence electrons. The van der Waals surface area contributed by atoms with Gasteiger partial charge in [-0.3, -0.25) is 4.79 Å². The van der Waals surface area contributed by atoms with Crippen molar-refractivity contribution in [2.24, 2.45) is 0 Å². The molecule has 0 saturated carbocycles. The van der Waals surface area contributed by atoms with Crippen molar-refractivity contribution in [1.29, 1.82) is 5.26 Å². The molecule has 0 heterocycles. The molecule has 1 amide bonds. The summed E-state index contributed by atoms with van der Waals surface area (Å²) in [6, 6.07) is 24.8. The second-order valence-corrected chi connectivity index (χ2v) is 9.49. The van der Waals surface area contributed by atoms with Gasteiger partial charge in [0.15, 0.2) is 5.75 Å². The van der Waals surface area contributed by atoms with Gasteiger partial charge in [-0.05, 0) is 86.7 Å². The van der Waals surface area contributed by atoms with Crippen molar-refractivity contribution in [3.63, 3.8) is 0 Å². The second-order valence-electron chi connectivity index (χ2n) is 7.82. The average Bonchev–Trinajstić information content (AvgIpc) is 2.84. The molecular formula is C28H19BrCl2N2O2. The fourth-order valence-electron chi connectivity index (χ4n) is 3.53. The minimum atomic E-state index is -0.540. The topological polar surface area (TPSA) is 62.1 Å². The number of nitrogens with zero attached hydrogens (tertiary/aromatic N) is 1. The van der Waals surface area contributed by atoms with Crippen molar-refractivity contribution in [2.75, 3.05) is 5.32 Å². The molecule has 0 fully saturated rings. The number of fused-ring (bicyclic) bond motifs is 1. The van der Waals surface area contributed by atoms with Crippen LogP contribution in [0.1, 0.15) is 16.7 Å². The van der Waals surface area contributed by atoms with Crippen molar-refractivity contribution in [2.45, 2.75) is 13.5 Å². The first-order valence-corrected chi connectivity index (χ1v) is 12.2. The molecule has 4 aromatic rings. The van der Waals surface area contributed by atoms with E-state index in [2.05, 4.69) is 45.5 Å². The average molecular weight is 566 g/mol. The minimum absolute atomic E-state index is 0.0721. The van der Waals surface area contributed by atoms with Crippen LogP contribution in [0.4, 0.5) is 5.69 Å². The van der Waals surface area contributed by atoms with Gasteiger partial charge in [-0.2, -0.15) is 5.26 Å². The molecule has 0 saturated heterocycles. The Labute approximate surface area is 221 Å². The molecule has 4 aromatic carbocycles. The molecule has 0 aliphatic heterocycles. The normalized spacial score (nSPS) is 11.2. The molecule has 0 aliphatic carbocycles. The quantitative estimate of drug-likeness (QED) is 0.189. The first kappa shape index (κ1) is 24.8. The zero-order chi connectivity index (χ0) is 24.9. The number of halogens is 3. The number of ether oxygens (including phenoxy) is 1. The molecule has 0 aromatic heterocycles. The third-order valence-corrected chi connectivity index (χ3v) is 6.69. The molecule has 0 radical (unpaired) electrons. The highest BCUT2D eigenvalue weighted by atomic mass is 79.9. The van der Waals surface area contributed by atoms with E-state index in [1.807, 2.05) is 24.3 Å². The van der Waals surface area contributed by atoms with Gasteiger partial charge in [-0.25, -0.2) is 0 Å². The predicted molar refractivity (Wildman–Crippen MR) is 146 cm³/mol. The van der Waals surface area contributed by atoms with Crippen LogP contribution in [-0.4, -0.2) is 5.91 Å². The number of anilines is 1. The highest BCUT2D eigenvalue weighted by Gasteiger charge is 2.14. The van der Waals surface area contributed by atoms with E-state index in [1.54, 1.807) is 37.3 Å². The summed E-state index contributed by atoms with van der Waals surface area (Å²) in [5.74, 6) is -0.0590. The Morgan fingerprint density at radius 1 is 1.03 bits per heavy atom. The smallest absolute Gasteiger partial charge is 0.266 e. The minimum Gasteiger partial charge on any atom is -0.486 e. The fourth-order valence-corrected chi connectivity index (χ4v) is 4.70. The van der Waals surface area contributed by atoms with Gasteiger partial charge in [0.05, 0.1) is 9.50 Å². The Kier molecular flexibility index (Phi) is 7.77. The number of nitriles is 1. The summed E-state index contributed by atoms with van der Waals surface area (Å²) in [5.41, 5.74) is 2.78.